The molecule has 4 heteroatoms. The van der Waals surface area contributed by atoms with Gasteiger partial charge in [0.15, 0.2) is 11.5 Å². The molecule has 1 N–H and O–H groups in total. The molecule has 0 radical (unpaired) electrons. The maximum absolute atomic E-state index is 5.86. The maximum atomic E-state index is 5.86. The number of benzene rings is 1. The topological polar surface area (TPSA) is 39.7 Å². The van der Waals surface area contributed by atoms with Gasteiger partial charge >= 0.3 is 0 Å². The van der Waals surface area contributed by atoms with E-state index >= 15 is 0 Å². The van der Waals surface area contributed by atoms with Crippen LogP contribution in [0, 0.1) is 0 Å². The number of hydrogen-bond acceptors (Lipinski definition) is 4. The van der Waals surface area contributed by atoms with Crippen molar-refractivity contribution >= 4 is 0 Å². The Hall–Kier alpha value is -1.26. The molecule has 1 aromatic carbocycles. The zero-order valence-corrected chi connectivity index (χ0v) is 12.1. The van der Waals surface area contributed by atoms with Crippen LogP contribution in [0.15, 0.2) is 18.2 Å². The second-order valence-corrected chi connectivity index (χ2v) is 5.57. The number of nitrogens with one attached hydrogen (secondary N) is 1. The van der Waals surface area contributed by atoms with Crippen molar-refractivity contribution in [3.63, 3.8) is 0 Å². The van der Waals surface area contributed by atoms with Crippen LogP contribution >= 0.6 is 0 Å². The van der Waals surface area contributed by atoms with Crippen LogP contribution in [0.25, 0.3) is 0 Å². The van der Waals surface area contributed by atoms with Crippen LogP contribution in [0.2, 0.25) is 0 Å². The number of rotatable bonds is 6. The Morgan fingerprint density at radius 1 is 1.25 bits per heavy atom. The molecule has 0 aromatic heterocycles. The van der Waals surface area contributed by atoms with Crippen molar-refractivity contribution in [2.24, 2.45) is 0 Å². The van der Waals surface area contributed by atoms with Crippen molar-refractivity contribution in [3.8, 4) is 11.5 Å². The molecule has 0 saturated heterocycles. The van der Waals surface area contributed by atoms with Gasteiger partial charge in [0, 0.05) is 12.6 Å². The van der Waals surface area contributed by atoms with Gasteiger partial charge in [-0.2, -0.15) is 0 Å². The van der Waals surface area contributed by atoms with Gasteiger partial charge in [0.1, 0.15) is 0 Å². The van der Waals surface area contributed by atoms with E-state index in [-0.39, 0.29) is 6.04 Å². The largest absolute Gasteiger partial charge is 0.454 e. The van der Waals surface area contributed by atoms with Crippen molar-refractivity contribution < 1.29 is 14.2 Å². The summed E-state index contributed by atoms with van der Waals surface area (Å²) in [4.78, 5) is 0. The fraction of sp³-hybridized carbons (Fsp3) is 0.625. The summed E-state index contributed by atoms with van der Waals surface area (Å²) in [5.41, 5.74) is 1.22. The molecule has 0 amide bonds. The van der Waals surface area contributed by atoms with E-state index in [0.29, 0.717) is 12.9 Å². The Bertz CT molecular complexity index is 443. The molecule has 1 saturated carbocycles. The molecule has 1 unspecified atom stereocenters. The lowest BCUT2D eigenvalue weighted by Gasteiger charge is -2.16. The first-order valence-corrected chi connectivity index (χ1v) is 7.57. The molecule has 0 bridgehead atoms. The first-order valence-electron chi connectivity index (χ1n) is 7.57. The molecule has 1 aromatic rings. The molecule has 110 valence electrons. The third-order valence-electron chi connectivity index (χ3n) is 4.10. The quantitative estimate of drug-likeness (QED) is 0.811. The van der Waals surface area contributed by atoms with E-state index < -0.39 is 0 Å². The molecule has 3 rings (SSSR count). The number of hydrogen-bond donors (Lipinski definition) is 1. The first-order chi connectivity index (χ1) is 9.83. The highest BCUT2D eigenvalue weighted by molar-refractivity contribution is 5.45. The summed E-state index contributed by atoms with van der Waals surface area (Å²) in [7, 11) is 0. The molecule has 1 aliphatic heterocycles. The van der Waals surface area contributed by atoms with Gasteiger partial charge in [-0.3, -0.25) is 0 Å². The van der Waals surface area contributed by atoms with Gasteiger partial charge in [-0.25, -0.2) is 0 Å². The predicted octanol–water partition coefficient (Wildman–Crippen LogP) is 3.03. The number of fused-ring (bicyclic) bond motifs is 1. The lowest BCUT2D eigenvalue weighted by molar-refractivity contribution is 0.0593. The molecule has 1 aliphatic carbocycles. The van der Waals surface area contributed by atoms with Crippen molar-refractivity contribution in [1.29, 1.82) is 0 Å². The summed E-state index contributed by atoms with van der Waals surface area (Å²) < 4.78 is 16.6. The molecule has 1 atom stereocenters. The Kier molecular flexibility index (Phi) is 4.43. The van der Waals surface area contributed by atoms with E-state index in [1.165, 1.54) is 31.2 Å². The average molecular weight is 277 g/mol. The van der Waals surface area contributed by atoms with Crippen LogP contribution in [0.5, 0.6) is 11.5 Å². The van der Waals surface area contributed by atoms with Crippen LogP contribution in [0.1, 0.15) is 44.2 Å². The molecular formula is C16H23NO3. The summed E-state index contributed by atoms with van der Waals surface area (Å²) in [5.74, 6) is 1.68. The Morgan fingerprint density at radius 3 is 2.90 bits per heavy atom. The highest BCUT2D eigenvalue weighted by Crippen LogP contribution is 2.34. The van der Waals surface area contributed by atoms with Gasteiger partial charge in [-0.15, -0.1) is 0 Å². The summed E-state index contributed by atoms with van der Waals surface area (Å²) in [5, 5.41) is 3.49. The predicted molar refractivity (Wildman–Crippen MR) is 77.2 cm³/mol. The van der Waals surface area contributed by atoms with Gasteiger partial charge < -0.3 is 19.5 Å². The maximum Gasteiger partial charge on any atom is 0.231 e. The highest BCUT2D eigenvalue weighted by Gasteiger charge is 2.16. The lowest BCUT2D eigenvalue weighted by Crippen LogP contribution is -2.25. The fourth-order valence-electron chi connectivity index (χ4n) is 2.86. The molecule has 2 aliphatic rings. The van der Waals surface area contributed by atoms with E-state index in [4.69, 9.17) is 14.2 Å². The summed E-state index contributed by atoms with van der Waals surface area (Å²) in [6, 6.07) is 6.41. The molecule has 1 heterocycles. The Labute approximate surface area is 120 Å². The Morgan fingerprint density at radius 2 is 2.05 bits per heavy atom. The summed E-state index contributed by atoms with van der Waals surface area (Å²) >= 11 is 0. The third kappa shape index (κ3) is 3.25. The van der Waals surface area contributed by atoms with Crippen LogP contribution in [-0.2, 0) is 4.74 Å². The molecule has 4 nitrogen and oxygen atoms in total. The minimum Gasteiger partial charge on any atom is -0.454 e. The zero-order chi connectivity index (χ0) is 13.8. The lowest BCUT2D eigenvalue weighted by atomic mass is 10.1. The van der Waals surface area contributed by atoms with Crippen molar-refractivity contribution in [2.75, 3.05) is 19.9 Å². The zero-order valence-electron chi connectivity index (χ0n) is 12.1. The normalized spacial score (nSPS) is 19.4. The van der Waals surface area contributed by atoms with Gasteiger partial charge in [0.25, 0.3) is 0 Å². The smallest absolute Gasteiger partial charge is 0.231 e. The monoisotopic (exact) mass is 277 g/mol. The van der Waals surface area contributed by atoms with Gasteiger partial charge in [0.2, 0.25) is 6.79 Å². The minimum absolute atomic E-state index is 0.289. The first kappa shape index (κ1) is 13.7. The van der Waals surface area contributed by atoms with Crippen LogP contribution < -0.4 is 14.8 Å². The second-order valence-electron chi connectivity index (χ2n) is 5.57. The fourth-order valence-corrected chi connectivity index (χ4v) is 2.86. The molecule has 1 fully saturated rings. The van der Waals surface area contributed by atoms with Gasteiger partial charge in [-0.1, -0.05) is 18.9 Å². The molecular weight excluding hydrogens is 254 g/mol. The minimum atomic E-state index is 0.289. The van der Waals surface area contributed by atoms with Gasteiger partial charge in [-0.05, 0) is 37.5 Å². The van der Waals surface area contributed by atoms with Crippen molar-refractivity contribution in [2.45, 2.75) is 44.8 Å². The van der Waals surface area contributed by atoms with E-state index in [1.807, 2.05) is 6.07 Å². The number of ether oxygens (including phenoxy) is 3. The van der Waals surface area contributed by atoms with Crippen molar-refractivity contribution in [1.82, 2.24) is 5.32 Å². The van der Waals surface area contributed by atoms with E-state index in [1.54, 1.807) is 0 Å². The summed E-state index contributed by atoms with van der Waals surface area (Å²) in [6.07, 6.45) is 5.62. The molecule has 20 heavy (non-hydrogen) atoms. The molecule has 0 spiro atoms. The van der Waals surface area contributed by atoms with Crippen LogP contribution in [0.3, 0.4) is 0 Å². The van der Waals surface area contributed by atoms with Gasteiger partial charge in [0.05, 0.1) is 12.7 Å². The van der Waals surface area contributed by atoms with Crippen molar-refractivity contribution in [3.05, 3.63) is 23.8 Å². The van der Waals surface area contributed by atoms with E-state index in [9.17, 15) is 0 Å². The summed E-state index contributed by atoms with van der Waals surface area (Å²) in [6.45, 7) is 4.16. The second kappa shape index (κ2) is 6.46. The van der Waals surface area contributed by atoms with Crippen LogP contribution in [0.4, 0.5) is 0 Å². The van der Waals surface area contributed by atoms with Crippen LogP contribution in [-0.4, -0.2) is 26.0 Å². The highest BCUT2D eigenvalue weighted by atomic mass is 16.7. The Balaban J connectivity index is 1.43. The van der Waals surface area contributed by atoms with E-state index in [2.05, 4.69) is 24.4 Å². The third-order valence-corrected chi connectivity index (χ3v) is 4.10. The van der Waals surface area contributed by atoms with E-state index in [0.717, 1.165) is 24.7 Å². The standard InChI is InChI=1S/C16H23NO3/c1-12(17-8-9-18-14-4-2-3-5-14)13-6-7-15-16(10-13)20-11-19-15/h6-7,10,12,14,17H,2-5,8-9,11H2,1H3. The SMILES string of the molecule is CC(NCCOC1CCCC1)c1ccc2c(c1)OCO2. The average Bonchev–Trinajstić information content (AvgIpc) is 3.13.